The zero-order valence-corrected chi connectivity index (χ0v) is 18.1. The fraction of sp³-hybridized carbons (Fsp3) is 0.346. The van der Waals surface area contributed by atoms with E-state index in [0.29, 0.717) is 25.2 Å². The van der Waals surface area contributed by atoms with Crippen molar-refractivity contribution in [1.82, 2.24) is 20.4 Å². The Labute approximate surface area is 188 Å². The van der Waals surface area contributed by atoms with Gasteiger partial charge in [0.1, 0.15) is 5.69 Å². The van der Waals surface area contributed by atoms with Crippen LogP contribution in [0.2, 0.25) is 0 Å². The fourth-order valence-corrected chi connectivity index (χ4v) is 5.09. The molecule has 2 N–H and O–H groups in total. The van der Waals surface area contributed by atoms with Gasteiger partial charge in [0.05, 0.1) is 18.0 Å². The quantitative estimate of drug-likeness (QED) is 0.632. The van der Waals surface area contributed by atoms with Crippen LogP contribution in [-0.4, -0.2) is 27.6 Å². The zero-order chi connectivity index (χ0) is 22.0. The summed E-state index contributed by atoms with van der Waals surface area (Å²) < 4.78 is 1.85. The van der Waals surface area contributed by atoms with Crippen LogP contribution in [0.1, 0.15) is 53.0 Å². The first-order chi connectivity index (χ1) is 15.6. The predicted octanol–water partition coefficient (Wildman–Crippen LogP) is 3.37. The molecule has 1 atom stereocenters. The largest absolute Gasteiger partial charge is 0.350 e. The molecule has 2 heterocycles. The van der Waals surface area contributed by atoms with Gasteiger partial charge in [-0.1, -0.05) is 73.5 Å². The van der Waals surface area contributed by atoms with Crippen LogP contribution in [0.15, 0.2) is 66.7 Å². The highest BCUT2D eigenvalue weighted by atomic mass is 16.2. The molecule has 1 fully saturated rings. The Morgan fingerprint density at radius 1 is 1.00 bits per heavy atom. The molecule has 6 heteroatoms. The number of aromatic nitrogens is 2. The SMILES string of the molecule is O=C(NCc1ccccc1)c1cc2n(n1)CC(NC(=O)C1(c3ccccc3)CCCC1)C2. The number of hydrogen-bond donors (Lipinski definition) is 2. The Kier molecular flexibility index (Phi) is 5.52. The Morgan fingerprint density at radius 2 is 1.69 bits per heavy atom. The lowest BCUT2D eigenvalue weighted by Crippen LogP contribution is -2.47. The number of carbonyl (C=O) groups is 2. The first-order valence-corrected chi connectivity index (χ1v) is 11.4. The normalized spacial score (nSPS) is 18.8. The second-order valence-corrected chi connectivity index (χ2v) is 8.90. The Balaban J connectivity index is 1.21. The molecule has 0 radical (unpaired) electrons. The Hall–Kier alpha value is -3.41. The molecule has 3 aromatic rings. The Morgan fingerprint density at radius 3 is 2.38 bits per heavy atom. The van der Waals surface area contributed by atoms with Gasteiger partial charge in [0, 0.05) is 18.7 Å². The van der Waals surface area contributed by atoms with Crippen molar-refractivity contribution in [2.45, 2.75) is 56.7 Å². The van der Waals surface area contributed by atoms with Crippen molar-refractivity contribution in [3.05, 3.63) is 89.2 Å². The minimum Gasteiger partial charge on any atom is -0.350 e. The molecular formula is C26H28N4O2. The first-order valence-electron chi connectivity index (χ1n) is 11.4. The van der Waals surface area contributed by atoms with Crippen molar-refractivity contribution < 1.29 is 9.59 Å². The molecule has 164 valence electrons. The van der Waals surface area contributed by atoms with Crippen LogP contribution in [0.3, 0.4) is 0 Å². The van der Waals surface area contributed by atoms with Crippen LogP contribution in [0.5, 0.6) is 0 Å². The lowest BCUT2D eigenvalue weighted by Gasteiger charge is -2.30. The summed E-state index contributed by atoms with van der Waals surface area (Å²) in [5.41, 5.74) is 3.16. The number of nitrogens with one attached hydrogen (secondary N) is 2. The lowest BCUT2D eigenvalue weighted by molar-refractivity contribution is -0.127. The van der Waals surface area contributed by atoms with Crippen LogP contribution < -0.4 is 10.6 Å². The number of hydrogen-bond acceptors (Lipinski definition) is 3. The number of fused-ring (bicyclic) bond motifs is 1. The molecule has 1 aliphatic carbocycles. The number of amides is 2. The Bertz CT molecular complexity index is 1080. The monoisotopic (exact) mass is 428 g/mol. The molecule has 2 amide bonds. The van der Waals surface area contributed by atoms with E-state index in [9.17, 15) is 9.59 Å². The van der Waals surface area contributed by atoms with Crippen molar-refractivity contribution >= 4 is 11.8 Å². The number of nitrogens with zero attached hydrogens (tertiary/aromatic N) is 2. The highest BCUT2D eigenvalue weighted by molar-refractivity contribution is 5.92. The maximum absolute atomic E-state index is 13.4. The third-order valence-electron chi connectivity index (χ3n) is 6.79. The second kappa shape index (κ2) is 8.61. The highest BCUT2D eigenvalue weighted by Gasteiger charge is 2.43. The van der Waals surface area contributed by atoms with Crippen molar-refractivity contribution in [2.75, 3.05) is 0 Å². The van der Waals surface area contributed by atoms with E-state index in [0.717, 1.165) is 42.5 Å². The number of carbonyl (C=O) groups excluding carboxylic acids is 2. The minimum absolute atomic E-state index is 0.00705. The van der Waals surface area contributed by atoms with Crippen molar-refractivity contribution in [3.63, 3.8) is 0 Å². The maximum Gasteiger partial charge on any atom is 0.272 e. The summed E-state index contributed by atoms with van der Waals surface area (Å²) in [6, 6.07) is 21.8. The summed E-state index contributed by atoms with van der Waals surface area (Å²) in [7, 11) is 0. The first kappa shape index (κ1) is 20.5. The minimum atomic E-state index is -0.422. The summed E-state index contributed by atoms with van der Waals surface area (Å²) in [6.07, 6.45) is 4.64. The van der Waals surface area contributed by atoms with E-state index in [2.05, 4.69) is 27.9 Å². The molecule has 5 rings (SSSR count). The zero-order valence-electron chi connectivity index (χ0n) is 18.1. The van der Waals surface area contributed by atoms with Gasteiger partial charge in [-0.25, -0.2) is 0 Å². The number of benzene rings is 2. The molecule has 0 bridgehead atoms. The van der Waals surface area contributed by atoms with E-state index < -0.39 is 5.41 Å². The molecular weight excluding hydrogens is 400 g/mol. The van der Waals surface area contributed by atoms with Gasteiger partial charge in [0.2, 0.25) is 5.91 Å². The predicted molar refractivity (Wildman–Crippen MR) is 122 cm³/mol. The van der Waals surface area contributed by atoms with Crippen LogP contribution >= 0.6 is 0 Å². The summed E-state index contributed by atoms with van der Waals surface area (Å²) >= 11 is 0. The summed E-state index contributed by atoms with van der Waals surface area (Å²) in [6.45, 7) is 1.07. The second-order valence-electron chi connectivity index (χ2n) is 8.90. The van der Waals surface area contributed by atoms with Crippen molar-refractivity contribution in [1.29, 1.82) is 0 Å². The van der Waals surface area contributed by atoms with Crippen LogP contribution in [0.4, 0.5) is 0 Å². The van der Waals surface area contributed by atoms with Crippen LogP contribution in [-0.2, 0) is 29.7 Å². The van der Waals surface area contributed by atoms with Gasteiger partial charge in [-0.15, -0.1) is 0 Å². The number of rotatable bonds is 6. The molecule has 1 aromatic heterocycles. The van der Waals surface area contributed by atoms with Gasteiger partial charge in [0.25, 0.3) is 5.91 Å². The van der Waals surface area contributed by atoms with E-state index in [1.807, 2.05) is 59.3 Å². The average Bonchev–Trinajstić information content (AvgIpc) is 3.54. The van der Waals surface area contributed by atoms with Gasteiger partial charge < -0.3 is 10.6 Å². The van der Waals surface area contributed by atoms with Gasteiger partial charge in [0.15, 0.2) is 0 Å². The van der Waals surface area contributed by atoms with Gasteiger partial charge >= 0.3 is 0 Å². The molecule has 0 spiro atoms. The third-order valence-corrected chi connectivity index (χ3v) is 6.79. The highest BCUT2D eigenvalue weighted by Crippen LogP contribution is 2.41. The van der Waals surface area contributed by atoms with Crippen LogP contribution in [0, 0.1) is 0 Å². The van der Waals surface area contributed by atoms with Gasteiger partial charge in [-0.2, -0.15) is 5.10 Å². The molecule has 1 unspecified atom stereocenters. The topological polar surface area (TPSA) is 76.0 Å². The third kappa shape index (κ3) is 3.93. The maximum atomic E-state index is 13.4. The van der Waals surface area contributed by atoms with E-state index >= 15 is 0 Å². The van der Waals surface area contributed by atoms with Gasteiger partial charge in [-0.05, 0) is 30.0 Å². The van der Waals surface area contributed by atoms with E-state index in [1.54, 1.807) is 0 Å². The molecule has 32 heavy (non-hydrogen) atoms. The summed E-state index contributed by atoms with van der Waals surface area (Å²) in [4.78, 5) is 25.9. The average molecular weight is 429 g/mol. The molecule has 0 saturated heterocycles. The van der Waals surface area contributed by atoms with E-state index in [-0.39, 0.29) is 17.9 Å². The van der Waals surface area contributed by atoms with E-state index in [1.165, 1.54) is 0 Å². The molecule has 2 aromatic carbocycles. The van der Waals surface area contributed by atoms with Gasteiger partial charge in [-0.3, -0.25) is 14.3 Å². The standard InChI is InChI=1S/C26H28N4O2/c31-24(27-17-19-9-3-1-4-10-19)23-16-22-15-21(18-30(22)29-23)28-25(32)26(13-7-8-14-26)20-11-5-2-6-12-20/h1-6,9-12,16,21H,7-8,13-15,17-18H2,(H,27,31)(H,28,32). The molecule has 2 aliphatic rings. The van der Waals surface area contributed by atoms with E-state index in [4.69, 9.17) is 0 Å². The summed E-state index contributed by atoms with van der Waals surface area (Å²) in [5.74, 6) is -0.0527. The summed E-state index contributed by atoms with van der Waals surface area (Å²) in [5, 5.41) is 10.7. The molecule has 6 nitrogen and oxygen atoms in total. The van der Waals surface area contributed by atoms with Crippen molar-refractivity contribution in [3.8, 4) is 0 Å². The van der Waals surface area contributed by atoms with Crippen molar-refractivity contribution in [2.24, 2.45) is 0 Å². The molecule has 1 aliphatic heterocycles. The smallest absolute Gasteiger partial charge is 0.272 e. The van der Waals surface area contributed by atoms with Crippen LogP contribution in [0.25, 0.3) is 0 Å². The lowest BCUT2D eigenvalue weighted by atomic mass is 9.78. The fourth-order valence-electron chi connectivity index (χ4n) is 5.09. The molecule has 1 saturated carbocycles.